The van der Waals surface area contributed by atoms with Crippen LogP contribution < -0.4 is 10.6 Å². The molecule has 0 radical (unpaired) electrons. The van der Waals surface area contributed by atoms with Crippen LogP contribution in [0.1, 0.15) is 43.9 Å². The number of nitrogens with zero attached hydrogens (tertiary/aromatic N) is 5. The molecule has 2 heterocycles. The van der Waals surface area contributed by atoms with E-state index < -0.39 is 5.51 Å². The van der Waals surface area contributed by atoms with Crippen LogP contribution in [0.25, 0.3) is 0 Å². The number of carbonyl (C=O) groups is 1. The van der Waals surface area contributed by atoms with Crippen molar-refractivity contribution in [3.05, 3.63) is 40.2 Å². The predicted octanol–water partition coefficient (Wildman–Crippen LogP) is 4.13. The van der Waals surface area contributed by atoms with Gasteiger partial charge in [-0.3, -0.25) is 0 Å². The van der Waals surface area contributed by atoms with Crippen molar-refractivity contribution in [1.82, 2.24) is 19.8 Å². The Kier molecular flexibility index (Phi) is 7.95. The Morgan fingerprint density at radius 3 is 2.57 bits per heavy atom. The highest BCUT2D eigenvalue weighted by molar-refractivity contribution is 8.03. The Labute approximate surface area is 208 Å². The minimum Gasteiger partial charge on any atom is -0.353 e. The molecule has 2 aliphatic carbocycles. The lowest BCUT2D eigenvalue weighted by molar-refractivity contribution is -0.0323. The second-order valence-corrected chi connectivity index (χ2v) is 10.6. The molecule has 2 atom stereocenters. The van der Waals surface area contributed by atoms with E-state index in [1.807, 2.05) is 4.90 Å². The van der Waals surface area contributed by atoms with Crippen LogP contribution in [-0.2, 0) is 6.42 Å². The van der Waals surface area contributed by atoms with E-state index in [0.717, 1.165) is 29.9 Å². The zero-order chi connectivity index (χ0) is 25.2. The fraction of sp³-hybridized carbons (Fsp3) is 0.625. The molecule has 0 bridgehead atoms. The number of carbonyl (C=O) groups excluding carboxylic acids is 1. The summed E-state index contributed by atoms with van der Waals surface area (Å²) in [5, 5.41) is 0. The molecular weight excluding hydrogens is 477 g/mol. The van der Waals surface area contributed by atoms with Crippen LogP contribution in [0.2, 0.25) is 0 Å². The van der Waals surface area contributed by atoms with Crippen LogP contribution in [0.3, 0.4) is 0 Å². The van der Waals surface area contributed by atoms with Crippen molar-refractivity contribution >= 4 is 23.6 Å². The number of thioether (sulfide) groups is 1. The van der Waals surface area contributed by atoms with Gasteiger partial charge in [-0.05, 0) is 47.8 Å². The number of nitrogens with two attached hydrogens (primary N) is 1. The maximum Gasteiger partial charge on any atom is 0.446 e. The second-order valence-electron chi connectivity index (χ2n) is 9.51. The number of anilines is 1. The Bertz CT molecular complexity index is 990. The quantitative estimate of drug-likeness (QED) is 0.620. The average Bonchev–Trinajstić information content (AvgIpc) is 3.20. The molecule has 3 aliphatic rings. The lowest BCUT2D eigenvalue weighted by atomic mass is 9.95. The number of aromatic nitrogens is 2. The van der Waals surface area contributed by atoms with Crippen molar-refractivity contribution in [2.24, 2.45) is 11.7 Å². The highest BCUT2D eigenvalue weighted by Crippen LogP contribution is 2.43. The summed E-state index contributed by atoms with van der Waals surface area (Å²) in [6, 6.07) is -0.0793. The summed E-state index contributed by atoms with van der Waals surface area (Å²) in [6.45, 7) is 7.64. The summed E-state index contributed by atoms with van der Waals surface area (Å²) in [7, 11) is 0. The highest BCUT2D eigenvalue weighted by Gasteiger charge is 2.34. The SMILES string of the molecule is CC1CC(CN(CCN)C(=O)N2CCN(c3ncnc4c3[C@H](C)CC4)CC2)=CC=C1SC(F)(F)F. The van der Waals surface area contributed by atoms with Crippen LogP contribution >= 0.6 is 11.8 Å². The number of piperazine rings is 1. The molecule has 1 aliphatic heterocycles. The smallest absolute Gasteiger partial charge is 0.353 e. The van der Waals surface area contributed by atoms with Gasteiger partial charge in [0.05, 0.1) is 0 Å². The van der Waals surface area contributed by atoms with Gasteiger partial charge in [0.1, 0.15) is 12.1 Å². The first-order chi connectivity index (χ1) is 16.7. The van der Waals surface area contributed by atoms with Gasteiger partial charge in [-0.25, -0.2) is 14.8 Å². The van der Waals surface area contributed by atoms with Gasteiger partial charge in [-0.15, -0.1) is 0 Å². The van der Waals surface area contributed by atoms with Crippen molar-refractivity contribution in [2.75, 3.05) is 50.7 Å². The van der Waals surface area contributed by atoms with E-state index in [-0.39, 0.29) is 23.7 Å². The lowest BCUT2D eigenvalue weighted by Crippen LogP contribution is -2.54. The number of urea groups is 1. The van der Waals surface area contributed by atoms with Gasteiger partial charge >= 0.3 is 11.5 Å². The first-order valence-corrected chi connectivity index (χ1v) is 13.0. The van der Waals surface area contributed by atoms with Gasteiger partial charge < -0.3 is 20.4 Å². The summed E-state index contributed by atoms with van der Waals surface area (Å²) in [5.41, 5.74) is 4.81. The number of halogens is 3. The van der Waals surface area contributed by atoms with E-state index in [0.29, 0.717) is 63.1 Å². The molecule has 2 amide bonds. The fourth-order valence-corrected chi connectivity index (χ4v) is 5.83. The van der Waals surface area contributed by atoms with Crippen molar-refractivity contribution in [2.45, 2.75) is 44.5 Å². The van der Waals surface area contributed by atoms with Gasteiger partial charge in [-0.1, -0.05) is 31.6 Å². The summed E-state index contributed by atoms with van der Waals surface area (Å²) < 4.78 is 38.3. The predicted molar refractivity (Wildman–Crippen MR) is 132 cm³/mol. The number of alkyl halides is 3. The molecule has 7 nitrogen and oxygen atoms in total. The monoisotopic (exact) mass is 510 g/mol. The molecule has 35 heavy (non-hydrogen) atoms. The lowest BCUT2D eigenvalue weighted by Gasteiger charge is -2.39. The van der Waals surface area contributed by atoms with Crippen molar-refractivity contribution in [1.29, 1.82) is 0 Å². The summed E-state index contributed by atoms with van der Waals surface area (Å²) in [5.74, 6) is 1.19. The second kappa shape index (κ2) is 10.8. The molecule has 2 N–H and O–H groups in total. The minimum absolute atomic E-state index is 0.0542. The van der Waals surface area contributed by atoms with E-state index >= 15 is 0 Å². The number of hydrogen-bond acceptors (Lipinski definition) is 6. The first-order valence-electron chi connectivity index (χ1n) is 12.1. The molecule has 0 saturated carbocycles. The Morgan fingerprint density at radius 1 is 1.17 bits per heavy atom. The highest BCUT2D eigenvalue weighted by atomic mass is 32.2. The molecule has 1 saturated heterocycles. The third-order valence-electron chi connectivity index (χ3n) is 6.94. The van der Waals surface area contributed by atoms with E-state index in [4.69, 9.17) is 5.73 Å². The molecule has 1 fully saturated rings. The standard InChI is InChI=1S/C24H33F3N6OS/c1-16-3-5-19-21(16)22(30-15-29-19)31-9-11-32(12-10-31)23(34)33(8-7-28)14-18-4-6-20(17(2)13-18)35-24(25,26)27/h4,6,15-17H,3,5,7-14,28H2,1-2H3/t16-,17?/m1/s1. The molecule has 11 heteroatoms. The summed E-state index contributed by atoms with van der Waals surface area (Å²) >= 11 is -0.0542. The van der Waals surface area contributed by atoms with Crippen LogP contribution in [0.15, 0.2) is 29.0 Å². The fourth-order valence-electron chi connectivity index (χ4n) is 5.14. The van der Waals surface area contributed by atoms with Crippen LogP contribution in [0, 0.1) is 5.92 Å². The van der Waals surface area contributed by atoms with Crippen LogP contribution in [0.4, 0.5) is 23.8 Å². The van der Waals surface area contributed by atoms with E-state index in [2.05, 4.69) is 21.8 Å². The van der Waals surface area contributed by atoms with Crippen LogP contribution in [0.5, 0.6) is 0 Å². The topological polar surface area (TPSA) is 78.6 Å². The number of allylic oxidation sites excluding steroid dienone is 3. The molecule has 4 rings (SSSR count). The van der Waals surface area contributed by atoms with Gasteiger partial charge in [0, 0.05) is 57.1 Å². The van der Waals surface area contributed by atoms with E-state index in [9.17, 15) is 18.0 Å². The minimum atomic E-state index is -4.29. The van der Waals surface area contributed by atoms with Crippen LogP contribution in [-0.4, -0.2) is 77.1 Å². The maximum absolute atomic E-state index is 13.3. The third-order valence-corrected chi connectivity index (χ3v) is 7.94. The summed E-state index contributed by atoms with van der Waals surface area (Å²) in [6.07, 6.45) is 7.46. The maximum atomic E-state index is 13.3. The molecule has 0 spiro atoms. The Morgan fingerprint density at radius 2 is 1.91 bits per heavy atom. The normalized spacial score (nSPS) is 22.6. The number of fused-ring (bicyclic) bond motifs is 1. The van der Waals surface area contributed by atoms with E-state index in [1.54, 1.807) is 24.2 Å². The third kappa shape index (κ3) is 6.11. The number of aryl methyl sites for hydroxylation is 1. The largest absolute Gasteiger partial charge is 0.446 e. The first kappa shape index (κ1) is 25.8. The molecular formula is C24H33F3N6OS. The van der Waals surface area contributed by atoms with E-state index in [1.165, 1.54) is 11.6 Å². The molecule has 1 aromatic rings. The molecule has 192 valence electrons. The Balaban J connectivity index is 1.38. The zero-order valence-corrected chi connectivity index (χ0v) is 21.0. The molecule has 0 aromatic carbocycles. The van der Waals surface area contributed by atoms with Gasteiger partial charge in [0.2, 0.25) is 0 Å². The molecule has 1 aromatic heterocycles. The Hall–Kier alpha value is -2.27. The van der Waals surface area contributed by atoms with Crippen molar-refractivity contribution in [3.8, 4) is 0 Å². The number of amides is 2. The molecule has 1 unspecified atom stereocenters. The summed E-state index contributed by atoms with van der Waals surface area (Å²) in [4.78, 5) is 28.5. The van der Waals surface area contributed by atoms with Crippen molar-refractivity contribution < 1.29 is 18.0 Å². The van der Waals surface area contributed by atoms with Crippen molar-refractivity contribution in [3.63, 3.8) is 0 Å². The number of rotatable bonds is 6. The number of hydrogen-bond donors (Lipinski definition) is 1. The average molecular weight is 511 g/mol. The van der Waals surface area contributed by atoms with Gasteiger partial charge in [-0.2, -0.15) is 13.2 Å². The van der Waals surface area contributed by atoms with Gasteiger partial charge in [0.15, 0.2) is 0 Å². The van der Waals surface area contributed by atoms with Gasteiger partial charge in [0.25, 0.3) is 0 Å². The zero-order valence-electron chi connectivity index (χ0n) is 20.2.